The summed E-state index contributed by atoms with van der Waals surface area (Å²) in [6.45, 7) is 6.95. The van der Waals surface area contributed by atoms with E-state index >= 15 is 0 Å². The summed E-state index contributed by atoms with van der Waals surface area (Å²) in [5.41, 5.74) is 5.58. The van der Waals surface area contributed by atoms with E-state index in [1.165, 1.54) is 28.8 Å². The lowest BCUT2D eigenvalue weighted by Crippen LogP contribution is -2.67. The Morgan fingerprint density at radius 3 is 2.11 bits per heavy atom. The zero-order valence-electron chi connectivity index (χ0n) is 29.6. The molecule has 53 heavy (non-hydrogen) atoms. The number of hydrogen-bond acceptors (Lipinski definition) is 7. The average molecular weight is 717 g/mol. The molecule has 262 valence electrons. The van der Waals surface area contributed by atoms with Crippen LogP contribution in [0, 0.1) is 5.82 Å². The monoisotopic (exact) mass is 716 g/mol. The Morgan fingerprint density at radius 2 is 1.42 bits per heavy atom. The van der Waals surface area contributed by atoms with Gasteiger partial charge in [-0.2, -0.15) is 4.98 Å². The predicted molar refractivity (Wildman–Crippen MR) is 206 cm³/mol. The van der Waals surface area contributed by atoms with Gasteiger partial charge < -0.3 is 8.99 Å². The Labute approximate surface area is 307 Å². The van der Waals surface area contributed by atoms with Gasteiger partial charge in [-0.3, -0.25) is 4.57 Å². The van der Waals surface area contributed by atoms with E-state index in [1.54, 1.807) is 35.6 Å². The molecule has 2 atom stereocenters. The van der Waals surface area contributed by atoms with Crippen molar-refractivity contribution < 1.29 is 8.82 Å². The van der Waals surface area contributed by atoms with E-state index in [-0.39, 0.29) is 23.0 Å². The number of imidazole rings is 2. The molecule has 0 amide bonds. The Balaban J connectivity index is 1.21. The van der Waals surface area contributed by atoms with Crippen LogP contribution in [0.25, 0.3) is 39.5 Å². The van der Waals surface area contributed by atoms with Crippen LogP contribution in [0.3, 0.4) is 0 Å². The minimum absolute atomic E-state index is 0.134. The van der Waals surface area contributed by atoms with Crippen LogP contribution in [0.1, 0.15) is 56.9 Å². The minimum Gasteiger partial charge on any atom is -0.400 e. The summed E-state index contributed by atoms with van der Waals surface area (Å²) in [7, 11) is -2.86. The molecule has 4 heterocycles. The van der Waals surface area contributed by atoms with Crippen molar-refractivity contribution in [3.05, 3.63) is 151 Å². The summed E-state index contributed by atoms with van der Waals surface area (Å²) in [4.78, 5) is 28.0. The third-order valence-electron chi connectivity index (χ3n) is 10.4. The Bertz CT molecular complexity index is 2530. The van der Waals surface area contributed by atoms with E-state index in [2.05, 4.69) is 130 Å². The highest BCUT2D eigenvalue weighted by molar-refractivity contribution is 6.99. The highest BCUT2D eigenvalue weighted by Gasteiger charge is 2.52. The van der Waals surface area contributed by atoms with Gasteiger partial charge in [-0.25, -0.2) is 29.3 Å². The van der Waals surface area contributed by atoms with Crippen LogP contribution in [0.2, 0.25) is 5.04 Å². The van der Waals surface area contributed by atoms with Gasteiger partial charge in [0.05, 0.1) is 34.9 Å². The van der Waals surface area contributed by atoms with Crippen molar-refractivity contribution >= 4 is 40.9 Å². The molecule has 0 saturated carbocycles. The molecule has 9 nitrogen and oxygen atoms in total. The van der Waals surface area contributed by atoms with E-state index in [4.69, 9.17) is 14.4 Å². The van der Waals surface area contributed by atoms with Gasteiger partial charge in [0.2, 0.25) is 5.95 Å². The number of hydrogen-bond donors (Lipinski definition) is 0. The van der Waals surface area contributed by atoms with Crippen LogP contribution < -0.4 is 10.4 Å². The smallest absolute Gasteiger partial charge is 0.261 e. The maximum absolute atomic E-state index is 14.4. The third kappa shape index (κ3) is 5.55. The van der Waals surface area contributed by atoms with E-state index in [1.807, 2.05) is 0 Å². The molecule has 0 aliphatic heterocycles. The Kier molecular flexibility index (Phi) is 8.05. The molecule has 0 saturated heterocycles. The molecule has 1 aliphatic rings. The van der Waals surface area contributed by atoms with Gasteiger partial charge in [0, 0.05) is 18.5 Å². The number of nitrogens with zero attached hydrogens (tertiary/aromatic N) is 8. The van der Waals surface area contributed by atoms with E-state index in [0.717, 1.165) is 29.5 Å². The highest BCUT2D eigenvalue weighted by atomic mass is 28.4. The zero-order chi connectivity index (χ0) is 36.2. The maximum atomic E-state index is 14.4. The molecule has 1 aliphatic carbocycles. The van der Waals surface area contributed by atoms with Gasteiger partial charge in [-0.1, -0.05) is 106 Å². The number of aromatic nitrogens is 8. The van der Waals surface area contributed by atoms with E-state index < -0.39 is 8.32 Å². The molecular formula is C42H37FN8OSi. The topological polar surface area (TPSA) is 96.4 Å². The molecule has 0 radical (unpaired) electrons. The molecular weight excluding hydrogens is 680 g/mol. The van der Waals surface area contributed by atoms with Crippen molar-refractivity contribution in [1.29, 1.82) is 0 Å². The predicted octanol–water partition coefficient (Wildman–Crippen LogP) is 7.76. The number of rotatable bonds is 7. The lowest BCUT2D eigenvalue weighted by Gasteiger charge is -2.46. The highest BCUT2D eigenvalue weighted by Crippen LogP contribution is 2.47. The third-order valence-corrected chi connectivity index (χ3v) is 15.5. The van der Waals surface area contributed by atoms with Crippen LogP contribution in [0.4, 0.5) is 4.39 Å². The van der Waals surface area contributed by atoms with Gasteiger partial charge in [-0.15, -0.1) is 0 Å². The Hall–Kier alpha value is -5.91. The van der Waals surface area contributed by atoms with Gasteiger partial charge in [0.25, 0.3) is 8.32 Å². The molecule has 0 bridgehead atoms. The molecule has 9 rings (SSSR count). The molecule has 11 heteroatoms. The first kappa shape index (κ1) is 33.0. The standard InChI is InChI=1S/C42H37FN8OSi/c1-42(2,3)53(30-12-6-4-7-13-30,31-14-8-5-9-15-31)52-38-21-20-36(32-16-10-11-17-33(32)38)51-39(28-23-44-26-45-24-28)48-35-25-46-41(49-40(35)51)50-27-47-34-19-18-29(43)22-37(34)50/h4-19,22-27,36,38H,20-21H2,1-3H3/t36-,38-/m1/s1. The van der Waals surface area contributed by atoms with Crippen molar-refractivity contribution in [2.45, 2.75) is 50.8 Å². The second-order valence-electron chi connectivity index (χ2n) is 14.6. The van der Waals surface area contributed by atoms with Gasteiger partial charge in [-0.05, 0) is 51.5 Å². The van der Waals surface area contributed by atoms with E-state index in [0.29, 0.717) is 34.0 Å². The summed E-state index contributed by atoms with van der Waals surface area (Å²) in [6.07, 6.45) is 9.80. The second kappa shape index (κ2) is 12.9. The number of halogens is 1. The quantitative estimate of drug-likeness (QED) is 0.156. The molecule has 0 fully saturated rings. The fraction of sp³-hybridized carbons (Fsp3) is 0.190. The van der Waals surface area contributed by atoms with Crippen molar-refractivity contribution in [2.75, 3.05) is 0 Å². The summed E-state index contributed by atoms with van der Waals surface area (Å²) in [6, 6.07) is 34.6. The van der Waals surface area contributed by atoms with Crippen molar-refractivity contribution in [2.24, 2.45) is 0 Å². The first-order valence-electron chi connectivity index (χ1n) is 17.8. The summed E-state index contributed by atoms with van der Waals surface area (Å²) in [5, 5.41) is 2.33. The van der Waals surface area contributed by atoms with Crippen molar-refractivity contribution in [1.82, 2.24) is 39.0 Å². The van der Waals surface area contributed by atoms with E-state index in [9.17, 15) is 4.39 Å². The second-order valence-corrected chi connectivity index (χ2v) is 18.8. The maximum Gasteiger partial charge on any atom is 0.261 e. The largest absolute Gasteiger partial charge is 0.400 e. The first-order chi connectivity index (χ1) is 25.8. The zero-order valence-corrected chi connectivity index (χ0v) is 30.6. The lowest BCUT2D eigenvalue weighted by atomic mass is 9.85. The van der Waals surface area contributed by atoms with Crippen molar-refractivity contribution in [3.8, 4) is 17.3 Å². The van der Waals surface area contributed by atoms with Crippen LogP contribution >= 0.6 is 0 Å². The van der Waals surface area contributed by atoms with Gasteiger partial charge >= 0.3 is 0 Å². The number of fused-ring (bicyclic) bond motifs is 3. The van der Waals surface area contributed by atoms with Crippen LogP contribution in [-0.4, -0.2) is 47.4 Å². The van der Waals surface area contributed by atoms with Crippen LogP contribution in [0.5, 0.6) is 0 Å². The van der Waals surface area contributed by atoms with Crippen molar-refractivity contribution in [3.63, 3.8) is 0 Å². The molecule has 4 aromatic carbocycles. The Morgan fingerprint density at radius 1 is 0.736 bits per heavy atom. The van der Waals surface area contributed by atoms with Crippen LogP contribution in [-0.2, 0) is 4.43 Å². The van der Waals surface area contributed by atoms with Gasteiger partial charge in [0.1, 0.15) is 29.8 Å². The fourth-order valence-corrected chi connectivity index (χ4v) is 12.8. The first-order valence-corrected chi connectivity index (χ1v) is 19.7. The SMILES string of the molecule is CC(C)(C)[Si](O[C@@H]1CC[C@@H](n2c(-c3cncnc3)nc3cnc(-n4cnc5ccc(F)cc54)nc32)c2ccccc21)(c1ccccc1)c1ccccc1. The molecule has 0 N–H and O–H groups in total. The van der Waals surface area contributed by atoms with Gasteiger partial charge in [0.15, 0.2) is 5.65 Å². The lowest BCUT2D eigenvalue weighted by molar-refractivity contribution is 0.161. The summed E-state index contributed by atoms with van der Waals surface area (Å²) in [5.74, 6) is 0.713. The van der Waals surface area contributed by atoms with Crippen LogP contribution in [0.15, 0.2) is 134 Å². The molecule has 0 spiro atoms. The summed E-state index contributed by atoms with van der Waals surface area (Å²) >= 11 is 0. The fourth-order valence-electron chi connectivity index (χ4n) is 8.07. The summed E-state index contributed by atoms with van der Waals surface area (Å²) < 4.78 is 26.0. The molecule has 8 aromatic rings. The normalized spacial score (nSPS) is 16.2. The minimum atomic E-state index is -2.86. The molecule has 0 unspecified atom stereocenters. The average Bonchev–Trinajstić information content (AvgIpc) is 3.78. The molecule has 4 aromatic heterocycles. The number of benzene rings is 4.